The minimum Gasteiger partial charge on any atom is -0.317 e. The van der Waals surface area contributed by atoms with Crippen LogP contribution in [0, 0.1) is 13.8 Å². The molecule has 1 nitrogen and oxygen atoms in total. The van der Waals surface area contributed by atoms with E-state index in [1.54, 1.807) is 0 Å². The summed E-state index contributed by atoms with van der Waals surface area (Å²) in [5.74, 6) is 0. The zero-order chi connectivity index (χ0) is 13.4. The third-order valence-electron chi connectivity index (χ3n) is 3.69. The molecule has 2 heterocycles. The number of hydrogen-bond acceptors (Lipinski definition) is 0. The molecule has 0 N–H and O–H groups in total. The van der Waals surface area contributed by atoms with E-state index in [0.29, 0.717) is 0 Å². The van der Waals surface area contributed by atoms with Crippen LogP contribution < -0.4 is 0 Å². The predicted molar refractivity (Wildman–Crippen MR) is 83.6 cm³/mol. The Morgan fingerprint density at radius 3 is 2.47 bits per heavy atom. The Bertz CT molecular complexity index is 803. The molecular formula is C18H17N. The molecule has 94 valence electrons. The summed E-state index contributed by atoms with van der Waals surface area (Å²) in [7, 11) is 0. The molecule has 0 saturated heterocycles. The van der Waals surface area contributed by atoms with Gasteiger partial charge in [0.1, 0.15) is 0 Å². The van der Waals surface area contributed by atoms with Crippen molar-refractivity contribution in [3.63, 3.8) is 0 Å². The van der Waals surface area contributed by atoms with Gasteiger partial charge in [0.2, 0.25) is 0 Å². The SMILES string of the molecule is C=C/C=C\c1c(C)n2c(C)ccc2c2ccccc12. The van der Waals surface area contributed by atoms with Crippen molar-refractivity contribution in [3.05, 3.63) is 72.1 Å². The van der Waals surface area contributed by atoms with E-state index < -0.39 is 0 Å². The molecule has 1 aromatic carbocycles. The predicted octanol–water partition coefficient (Wildman–Crippen LogP) is 4.91. The molecule has 0 bridgehead atoms. The minimum absolute atomic E-state index is 1.27. The lowest BCUT2D eigenvalue weighted by Crippen LogP contribution is -1.98. The fourth-order valence-corrected chi connectivity index (χ4v) is 2.83. The van der Waals surface area contributed by atoms with Crippen LogP contribution in [-0.2, 0) is 0 Å². The van der Waals surface area contributed by atoms with Gasteiger partial charge in [-0.15, -0.1) is 0 Å². The van der Waals surface area contributed by atoms with Crippen molar-refractivity contribution in [2.24, 2.45) is 0 Å². The summed E-state index contributed by atoms with van der Waals surface area (Å²) < 4.78 is 2.32. The van der Waals surface area contributed by atoms with E-state index in [9.17, 15) is 0 Å². The minimum atomic E-state index is 1.27. The molecule has 0 unspecified atom stereocenters. The topological polar surface area (TPSA) is 4.41 Å². The zero-order valence-corrected chi connectivity index (χ0v) is 11.4. The van der Waals surface area contributed by atoms with E-state index >= 15 is 0 Å². The highest BCUT2D eigenvalue weighted by atomic mass is 14.9. The zero-order valence-electron chi connectivity index (χ0n) is 11.4. The number of nitrogens with zero attached hydrogens (tertiary/aromatic N) is 1. The summed E-state index contributed by atoms with van der Waals surface area (Å²) in [5.41, 5.74) is 5.09. The lowest BCUT2D eigenvalue weighted by Gasteiger charge is -2.12. The van der Waals surface area contributed by atoms with Crippen LogP contribution in [0.15, 0.2) is 55.1 Å². The van der Waals surface area contributed by atoms with Crippen LogP contribution >= 0.6 is 0 Å². The van der Waals surface area contributed by atoms with Crippen molar-refractivity contribution >= 4 is 22.4 Å². The van der Waals surface area contributed by atoms with Gasteiger partial charge in [0, 0.05) is 22.3 Å². The highest BCUT2D eigenvalue weighted by molar-refractivity contribution is 6.01. The van der Waals surface area contributed by atoms with Crippen LogP contribution in [0.5, 0.6) is 0 Å². The summed E-state index contributed by atoms with van der Waals surface area (Å²) in [5, 5.41) is 2.59. The van der Waals surface area contributed by atoms with Crippen LogP contribution in [0.2, 0.25) is 0 Å². The van der Waals surface area contributed by atoms with Crippen molar-refractivity contribution in [2.45, 2.75) is 13.8 Å². The third kappa shape index (κ3) is 1.70. The van der Waals surface area contributed by atoms with E-state index in [4.69, 9.17) is 0 Å². The number of hydrogen-bond donors (Lipinski definition) is 0. The molecule has 0 radical (unpaired) electrons. The first kappa shape index (κ1) is 11.8. The van der Waals surface area contributed by atoms with Gasteiger partial charge in [-0.05, 0) is 31.4 Å². The number of aryl methyl sites for hydroxylation is 2. The Labute approximate surface area is 113 Å². The van der Waals surface area contributed by atoms with Gasteiger partial charge in [-0.3, -0.25) is 0 Å². The maximum absolute atomic E-state index is 3.76. The van der Waals surface area contributed by atoms with Gasteiger partial charge in [-0.25, -0.2) is 0 Å². The van der Waals surface area contributed by atoms with Crippen molar-refractivity contribution < 1.29 is 0 Å². The number of fused-ring (bicyclic) bond motifs is 3. The molecule has 0 fully saturated rings. The molecule has 0 aliphatic heterocycles. The molecule has 3 aromatic rings. The maximum Gasteiger partial charge on any atom is 0.0534 e. The van der Waals surface area contributed by atoms with Crippen LogP contribution in [0.25, 0.3) is 22.4 Å². The average molecular weight is 247 g/mol. The fraction of sp³-hybridized carbons (Fsp3) is 0.111. The molecule has 0 aliphatic rings. The van der Waals surface area contributed by atoms with Gasteiger partial charge in [0.05, 0.1) is 5.52 Å². The second-order valence-corrected chi connectivity index (χ2v) is 4.83. The average Bonchev–Trinajstić information content (AvgIpc) is 2.81. The summed E-state index contributed by atoms with van der Waals surface area (Å²) in [4.78, 5) is 0. The lowest BCUT2D eigenvalue weighted by atomic mass is 10.0. The first-order valence-electron chi connectivity index (χ1n) is 6.52. The standard InChI is InChI=1S/C18H17N/c1-4-5-8-15-14(3)19-13(2)11-12-18(19)17-10-7-6-9-16(15)17/h4-12H,1H2,2-3H3/b8-5-. The Hall–Kier alpha value is -2.28. The van der Waals surface area contributed by atoms with Crippen LogP contribution in [0.3, 0.4) is 0 Å². The highest BCUT2D eigenvalue weighted by Crippen LogP contribution is 2.29. The summed E-state index contributed by atoms with van der Waals surface area (Å²) in [6, 6.07) is 12.9. The van der Waals surface area contributed by atoms with Crippen LogP contribution in [0.4, 0.5) is 0 Å². The Morgan fingerprint density at radius 1 is 1.00 bits per heavy atom. The van der Waals surface area contributed by atoms with E-state index in [2.05, 4.69) is 67.3 Å². The number of allylic oxidation sites excluding steroid dienone is 2. The number of benzene rings is 1. The lowest BCUT2D eigenvalue weighted by molar-refractivity contribution is 1.05. The Kier molecular flexibility index (Phi) is 2.75. The molecular weight excluding hydrogens is 230 g/mol. The second-order valence-electron chi connectivity index (χ2n) is 4.83. The molecule has 0 aliphatic carbocycles. The second kappa shape index (κ2) is 4.43. The van der Waals surface area contributed by atoms with Crippen molar-refractivity contribution in [1.29, 1.82) is 0 Å². The smallest absolute Gasteiger partial charge is 0.0534 e. The molecule has 3 rings (SSSR count). The van der Waals surface area contributed by atoms with E-state index in [0.717, 1.165) is 0 Å². The van der Waals surface area contributed by atoms with Gasteiger partial charge in [-0.2, -0.15) is 0 Å². The largest absolute Gasteiger partial charge is 0.317 e. The van der Waals surface area contributed by atoms with E-state index in [1.807, 2.05) is 12.2 Å². The van der Waals surface area contributed by atoms with Crippen LogP contribution in [-0.4, -0.2) is 4.40 Å². The quantitative estimate of drug-likeness (QED) is 0.567. The van der Waals surface area contributed by atoms with Gasteiger partial charge in [0.15, 0.2) is 0 Å². The van der Waals surface area contributed by atoms with Crippen molar-refractivity contribution in [1.82, 2.24) is 4.40 Å². The van der Waals surface area contributed by atoms with Gasteiger partial charge in [0.25, 0.3) is 0 Å². The monoisotopic (exact) mass is 247 g/mol. The third-order valence-corrected chi connectivity index (χ3v) is 3.69. The Balaban J connectivity index is 2.56. The van der Waals surface area contributed by atoms with E-state index in [-0.39, 0.29) is 0 Å². The maximum atomic E-state index is 3.76. The Morgan fingerprint density at radius 2 is 1.74 bits per heavy atom. The molecule has 0 spiro atoms. The first-order chi connectivity index (χ1) is 9.24. The normalized spacial score (nSPS) is 11.7. The van der Waals surface area contributed by atoms with Gasteiger partial charge < -0.3 is 4.40 Å². The van der Waals surface area contributed by atoms with Crippen LogP contribution in [0.1, 0.15) is 17.0 Å². The van der Waals surface area contributed by atoms with Gasteiger partial charge >= 0.3 is 0 Å². The summed E-state index contributed by atoms with van der Waals surface area (Å²) in [6.07, 6.45) is 5.96. The first-order valence-corrected chi connectivity index (χ1v) is 6.52. The number of rotatable bonds is 2. The summed E-state index contributed by atoms with van der Waals surface area (Å²) in [6.45, 7) is 8.09. The number of pyridine rings is 1. The van der Waals surface area contributed by atoms with Crippen molar-refractivity contribution in [2.75, 3.05) is 0 Å². The number of aromatic nitrogens is 1. The molecule has 0 saturated carbocycles. The van der Waals surface area contributed by atoms with E-state index in [1.165, 1.54) is 33.2 Å². The molecule has 2 aromatic heterocycles. The molecule has 0 atom stereocenters. The summed E-state index contributed by atoms with van der Waals surface area (Å²) >= 11 is 0. The fourth-order valence-electron chi connectivity index (χ4n) is 2.83. The molecule has 1 heteroatoms. The molecule has 0 amide bonds. The molecule has 19 heavy (non-hydrogen) atoms. The van der Waals surface area contributed by atoms with Gasteiger partial charge in [-0.1, -0.05) is 49.1 Å². The highest BCUT2D eigenvalue weighted by Gasteiger charge is 2.10. The van der Waals surface area contributed by atoms with Crippen molar-refractivity contribution in [3.8, 4) is 0 Å².